The Bertz CT molecular complexity index is 1120. The van der Waals surface area contributed by atoms with E-state index in [9.17, 15) is 14.7 Å². The van der Waals surface area contributed by atoms with Crippen LogP contribution in [-0.2, 0) is 11.3 Å². The lowest BCUT2D eigenvalue weighted by molar-refractivity contribution is -0.130. The highest BCUT2D eigenvalue weighted by Crippen LogP contribution is 2.41. The second-order valence-electron chi connectivity index (χ2n) is 6.77. The number of carbonyl (C=O) groups is 2. The number of ketones is 1. The minimum Gasteiger partial charge on any atom is -0.503 e. The van der Waals surface area contributed by atoms with Gasteiger partial charge < -0.3 is 19.2 Å². The summed E-state index contributed by atoms with van der Waals surface area (Å²) in [5.41, 5.74) is 1.35. The predicted octanol–water partition coefficient (Wildman–Crippen LogP) is 4.72. The molecule has 3 aromatic rings. The number of amides is 1. The highest BCUT2D eigenvalue weighted by Gasteiger charge is 2.44. The quantitative estimate of drug-likeness (QED) is 0.580. The van der Waals surface area contributed by atoms with Crippen LogP contribution in [0, 0.1) is 0 Å². The summed E-state index contributed by atoms with van der Waals surface area (Å²) in [6.07, 6.45) is 1.37. The van der Waals surface area contributed by atoms with E-state index in [1.165, 1.54) is 17.2 Å². The van der Waals surface area contributed by atoms with Gasteiger partial charge in [0, 0.05) is 10.6 Å². The van der Waals surface area contributed by atoms with Crippen LogP contribution in [0.3, 0.4) is 0 Å². The van der Waals surface area contributed by atoms with E-state index in [4.69, 9.17) is 20.8 Å². The Hall–Kier alpha value is -3.51. The number of hydrogen-bond donors (Lipinski definition) is 1. The Morgan fingerprint density at radius 2 is 1.87 bits per heavy atom. The van der Waals surface area contributed by atoms with Crippen LogP contribution in [0.4, 0.5) is 0 Å². The molecule has 1 aliphatic rings. The molecule has 0 fully saturated rings. The molecule has 1 unspecified atom stereocenters. The summed E-state index contributed by atoms with van der Waals surface area (Å²) in [6.45, 7) is 0.134. The number of nitrogens with zero attached hydrogens (tertiary/aromatic N) is 1. The van der Waals surface area contributed by atoms with E-state index in [0.717, 1.165) is 5.56 Å². The fourth-order valence-corrected chi connectivity index (χ4v) is 3.72. The maximum absolute atomic E-state index is 13.1. The van der Waals surface area contributed by atoms with Gasteiger partial charge >= 0.3 is 0 Å². The van der Waals surface area contributed by atoms with Crippen LogP contribution in [-0.4, -0.2) is 28.8 Å². The van der Waals surface area contributed by atoms with Crippen LogP contribution in [0.5, 0.6) is 5.75 Å². The van der Waals surface area contributed by atoms with Crippen molar-refractivity contribution in [1.82, 2.24) is 4.90 Å². The lowest BCUT2D eigenvalue weighted by Gasteiger charge is -2.27. The third-order valence-electron chi connectivity index (χ3n) is 5.01. The number of Topliss-reactive ketones (excluding diaryl/α,β-unsaturated/α-hetero) is 1. The molecule has 152 valence electrons. The second-order valence-corrected chi connectivity index (χ2v) is 7.20. The summed E-state index contributed by atoms with van der Waals surface area (Å²) >= 11 is 6.02. The van der Waals surface area contributed by atoms with E-state index in [1.807, 2.05) is 18.2 Å². The second kappa shape index (κ2) is 8.08. The van der Waals surface area contributed by atoms with Crippen molar-refractivity contribution in [1.29, 1.82) is 0 Å². The smallest absolute Gasteiger partial charge is 0.290 e. The van der Waals surface area contributed by atoms with Gasteiger partial charge in [-0.05, 0) is 35.9 Å². The fourth-order valence-electron chi connectivity index (χ4n) is 3.60. The highest BCUT2D eigenvalue weighted by atomic mass is 35.5. The normalized spacial score (nSPS) is 16.3. The van der Waals surface area contributed by atoms with Crippen LogP contribution in [0.1, 0.15) is 27.7 Å². The van der Waals surface area contributed by atoms with Crippen LogP contribution in [0.25, 0.3) is 0 Å². The Morgan fingerprint density at radius 1 is 1.13 bits per heavy atom. The summed E-state index contributed by atoms with van der Waals surface area (Å²) < 4.78 is 10.6. The first-order chi connectivity index (χ1) is 14.5. The van der Waals surface area contributed by atoms with Gasteiger partial charge in [0.1, 0.15) is 5.75 Å². The molecule has 0 spiro atoms. The lowest BCUT2D eigenvalue weighted by Crippen LogP contribution is -2.30. The van der Waals surface area contributed by atoms with Gasteiger partial charge in [0.2, 0.25) is 5.78 Å². The zero-order valence-electron chi connectivity index (χ0n) is 16.0. The van der Waals surface area contributed by atoms with E-state index in [1.54, 1.807) is 43.5 Å². The van der Waals surface area contributed by atoms with Crippen LogP contribution >= 0.6 is 11.6 Å². The molecular formula is C23H18ClNO5. The molecule has 0 bridgehead atoms. The number of para-hydroxylation sites is 1. The number of benzene rings is 2. The van der Waals surface area contributed by atoms with Gasteiger partial charge in [-0.3, -0.25) is 9.59 Å². The van der Waals surface area contributed by atoms with Crippen molar-refractivity contribution < 1.29 is 23.8 Å². The Balaban J connectivity index is 1.80. The maximum Gasteiger partial charge on any atom is 0.290 e. The molecule has 1 amide bonds. The van der Waals surface area contributed by atoms with Gasteiger partial charge in [-0.2, -0.15) is 0 Å². The number of carbonyl (C=O) groups excluding carboxylic acids is 2. The first-order valence-corrected chi connectivity index (χ1v) is 9.58. The third kappa shape index (κ3) is 3.46. The number of aliphatic hydroxyl groups excluding tert-OH is 1. The average Bonchev–Trinajstić information content (AvgIpc) is 3.38. The van der Waals surface area contributed by atoms with Gasteiger partial charge in [0.05, 0.1) is 31.5 Å². The van der Waals surface area contributed by atoms with Crippen molar-refractivity contribution in [2.45, 2.75) is 12.6 Å². The highest BCUT2D eigenvalue weighted by molar-refractivity contribution is 6.30. The molecular weight excluding hydrogens is 406 g/mol. The number of rotatable bonds is 6. The number of halogens is 1. The molecule has 0 saturated heterocycles. The Labute approximate surface area is 177 Å². The number of hydrogen-bond acceptors (Lipinski definition) is 5. The molecule has 1 aromatic heterocycles. The van der Waals surface area contributed by atoms with Gasteiger partial charge in [-0.25, -0.2) is 0 Å². The number of furan rings is 1. The van der Waals surface area contributed by atoms with E-state index >= 15 is 0 Å². The summed E-state index contributed by atoms with van der Waals surface area (Å²) in [5.74, 6) is -1.14. The SMILES string of the molecule is COc1ccccc1CN1C(=O)C(O)=C(C(=O)c2ccco2)C1c1ccc(Cl)cc1. The minimum atomic E-state index is -0.808. The predicted molar refractivity (Wildman–Crippen MR) is 110 cm³/mol. The van der Waals surface area contributed by atoms with E-state index in [2.05, 4.69) is 0 Å². The van der Waals surface area contributed by atoms with Crippen molar-refractivity contribution >= 4 is 23.3 Å². The Kier molecular flexibility index (Phi) is 5.33. The van der Waals surface area contributed by atoms with Crippen molar-refractivity contribution in [3.05, 3.63) is 100 Å². The molecule has 1 atom stereocenters. The minimum absolute atomic E-state index is 0.0350. The molecule has 7 heteroatoms. The molecule has 1 aliphatic heterocycles. The monoisotopic (exact) mass is 423 g/mol. The zero-order chi connectivity index (χ0) is 21.3. The summed E-state index contributed by atoms with van der Waals surface area (Å²) in [5, 5.41) is 11.2. The standard InChI is InChI=1S/C23H18ClNO5/c1-29-17-6-3-2-5-15(17)13-25-20(14-8-10-16(24)11-9-14)19(22(27)23(25)28)21(26)18-7-4-12-30-18/h2-12,20,27H,13H2,1H3. The molecule has 30 heavy (non-hydrogen) atoms. The summed E-state index contributed by atoms with van der Waals surface area (Å²) in [7, 11) is 1.54. The summed E-state index contributed by atoms with van der Waals surface area (Å²) in [6, 6.07) is 16.3. The summed E-state index contributed by atoms with van der Waals surface area (Å²) in [4.78, 5) is 27.5. The molecule has 6 nitrogen and oxygen atoms in total. The van der Waals surface area contributed by atoms with Crippen molar-refractivity contribution in [3.63, 3.8) is 0 Å². The van der Waals surface area contributed by atoms with E-state index in [0.29, 0.717) is 16.3 Å². The van der Waals surface area contributed by atoms with Crippen molar-refractivity contribution in [2.24, 2.45) is 0 Å². The Morgan fingerprint density at radius 3 is 2.53 bits per heavy atom. The van der Waals surface area contributed by atoms with E-state index in [-0.39, 0.29) is 17.9 Å². The molecule has 2 heterocycles. The van der Waals surface area contributed by atoms with Gasteiger partial charge in [-0.15, -0.1) is 0 Å². The topological polar surface area (TPSA) is 80.0 Å². The van der Waals surface area contributed by atoms with Crippen LogP contribution < -0.4 is 4.74 Å². The molecule has 0 radical (unpaired) electrons. The molecule has 4 rings (SSSR count). The van der Waals surface area contributed by atoms with Crippen molar-refractivity contribution in [2.75, 3.05) is 7.11 Å². The average molecular weight is 424 g/mol. The van der Waals surface area contributed by atoms with Crippen LogP contribution in [0.2, 0.25) is 5.02 Å². The number of aliphatic hydroxyl groups is 1. The molecule has 1 N–H and O–H groups in total. The third-order valence-corrected chi connectivity index (χ3v) is 5.26. The molecule has 0 saturated carbocycles. The number of ether oxygens (including phenoxy) is 1. The maximum atomic E-state index is 13.1. The fraction of sp³-hybridized carbons (Fsp3) is 0.130. The van der Waals surface area contributed by atoms with Crippen LogP contribution in [0.15, 0.2) is 82.7 Å². The van der Waals surface area contributed by atoms with E-state index < -0.39 is 23.5 Å². The van der Waals surface area contributed by atoms with Gasteiger partial charge in [0.15, 0.2) is 11.5 Å². The first-order valence-electron chi connectivity index (χ1n) is 9.21. The van der Waals surface area contributed by atoms with Gasteiger partial charge in [0.25, 0.3) is 5.91 Å². The lowest BCUT2D eigenvalue weighted by atomic mass is 9.95. The zero-order valence-corrected chi connectivity index (χ0v) is 16.8. The molecule has 0 aliphatic carbocycles. The van der Waals surface area contributed by atoms with Gasteiger partial charge in [-0.1, -0.05) is 41.9 Å². The number of methoxy groups -OCH3 is 1. The largest absolute Gasteiger partial charge is 0.503 e. The van der Waals surface area contributed by atoms with Crippen molar-refractivity contribution in [3.8, 4) is 5.75 Å². The first kappa shape index (κ1) is 19.8. The molecule has 2 aromatic carbocycles.